The number of carbonyl (C=O) groups excluding carboxylic acids is 1. The van der Waals surface area contributed by atoms with Crippen molar-refractivity contribution in [3.05, 3.63) is 57.6 Å². The fourth-order valence-electron chi connectivity index (χ4n) is 3.24. The van der Waals surface area contributed by atoms with Gasteiger partial charge in [0.15, 0.2) is 5.82 Å². The SMILES string of the molecule is COCCc1c(CC(=O)Cc2cnc(-n3nccn3)c(Cl)c2)cnc2sc(C)nc12. The van der Waals surface area contributed by atoms with E-state index in [4.69, 9.17) is 16.3 Å². The van der Waals surface area contributed by atoms with Gasteiger partial charge in [-0.3, -0.25) is 4.79 Å². The summed E-state index contributed by atoms with van der Waals surface area (Å²) in [5.41, 5.74) is 3.50. The Balaban J connectivity index is 1.54. The highest BCUT2D eigenvalue weighted by molar-refractivity contribution is 7.18. The number of carbonyl (C=O) groups is 1. The number of ether oxygens (including phenoxy) is 1. The van der Waals surface area contributed by atoms with E-state index in [2.05, 4.69) is 25.1 Å². The molecule has 0 aromatic carbocycles. The fourth-order valence-corrected chi connectivity index (χ4v) is 4.30. The number of Topliss-reactive ketones (excluding diaryl/α,β-unsaturated/α-hetero) is 1. The quantitative estimate of drug-likeness (QED) is 0.413. The van der Waals surface area contributed by atoms with Crippen molar-refractivity contribution in [3.63, 3.8) is 0 Å². The van der Waals surface area contributed by atoms with Crippen LogP contribution in [0.15, 0.2) is 30.9 Å². The van der Waals surface area contributed by atoms with Gasteiger partial charge in [0, 0.05) is 32.3 Å². The van der Waals surface area contributed by atoms with Crippen molar-refractivity contribution in [3.8, 4) is 5.82 Å². The second kappa shape index (κ2) is 8.95. The van der Waals surface area contributed by atoms with Gasteiger partial charge in [0.1, 0.15) is 16.1 Å². The van der Waals surface area contributed by atoms with Gasteiger partial charge < -0.3 is 4.74 Å². The summed E-state index contributed by atoms with van der Waals surface area (Å²) in [6.07, 6.45) is 7.66. The zero-order valence-electron chi connectivity index (χ0n) is 16.5. The molecule has 0 atom stereocenters. The third-order valence-corrected chi connectivity index (χ3v) is 5.72. The van der Waals surface area contributed by atoms with E-state index in [0.717, 1.165) is 32.0 Å². The van der Waals surface area contributed by atoms with Gasteiger partial charge in [-0.25, -0.2) is 15.0 Å². The highest BCUT2D eigenvalue weighted by atomic mass is 35.5. The summed E-state index contributed by atoms with van der Waals surface area (Å²) in [5.74, 6) is 0.470. The molecule has 4 rings (SSSR count). The van der Waals surface area contributed by atoms with Crippen molar-refractivity contribution in [1.82, 2.24) is 29.9 Å². The molecule has 4 heterocycles. The number of ketones is 1. The zero-order valence-corrected chi connectivity index (χ0v) is 18.1. The first-order chi connectivity index (χ1) is 14.5. The number of hydrogen-bond donors (Lipinski definition) is 0. The van der Waals surface area contributed by atoms with Gasteiger partial charge in [0.25, 0.3) is 0 Å². The van der Waals surface area contributed by atoms with Crippen molar-refractivity contribution in [2.75, 3.05) is 13.7 Å². The lowest BCUT2D eigenvalue weighted by atomic mass is 9.99. The molecule has 30 heavy (non-hydrogen) atoms. The molecular formula is C20H19ClN6O2S. The zero-order chi connectivity index (χ0) is 21.1. The number of halogens is 1. The van der Waals surface area contributed by atoms with Crippen LogP contribution in [0.2, 0.25) is 5.02 Å². The van der Waals surface area contributed by atoms with Crippen LogP contribution in [0.4, 0.5) is 0 Å². The first kappa shape index (κ1) is 20.5. The van der Waals surface area contributed by atoms with Crippen LogP contribution in [-0.2, 0) is 28.8 Å². The predicted molar refractivity (Wildman–Crippen MR) is 114 cm³/mol. The summed E-state index contributed by atoms with van der Waals surface area (Å²) in [6.45, 7) is 2.51. The van der Waals surface area contributed by atoms with Crippen LogP contribution >= 0.6 is 22.9 Å². The summed E-state index contributed by atoms with van der Waals surface area (Å²) in [4.78, 5) is 28.4. The van der Waals surface area contributed by atoms with Gasteiger partial charge in [0.05, 0.1) is 29.0 Å². The predicted octanol–water partition coefficient (Wildman–Crippen LogP) is 3.17. The largest absolute Gasteiger partial charge is 0.384 e. The molecule has 0 radical (unpaired) electrons. The first-order valence-electron chi connectivity index (χ1n) is 9.30. The van der Waals surface area contributed by atoms with Crippen molar-refractivity contribution < 1.29 is 9.53 Å². The molecule has 0 unspecified atom stereocenters. The molecule has 0 aliphatic carbocycles. The summed E-state index contributed by atoms with van der Waals surface area (Å²) in [6, 6.07) is 1.72. The maximum Gasteiger partial charge on any atom is 0.193 e. The molecule has 0 aliphatic rings. The van der Waals surface area contributed by atoms with E-state index in [9.17, 15) is 4.79 Å². The molecule has 0 N–H and O–H groups in total. The van der Waals surface area contributed by atoms with Crippen LogP contribution in [0.1, 0.15) is 21.7 Å². The van der Waals surface area contributed by atoms with Crippen molar-refractivity contribution >= 4 is 39.1 Å². The van der Waals surface area contributed by atoms with Gasteiger partial charge in [-0.2, -0.15) is 10.2 Å². The minimum Gasteiger partial charge on any atom is -0.384 e. The van der Waals surface area contributed by atoms with Crippen molar-refractivity contribution in [1.29, 1.82) is 0 Å². The Morgan fingerprint density at radius 2 is 2.00 bits per heavy atom. The number of hydrogen-bond acceptors (Lipinski definition) is 8. The van der Waals surface area contributed by atoms with Crippen LogP contribution in [0.3, 0.4) is 0 Å². The Bertz CT molecular complexity index is 1190. The summed E-state index contributed by atoms with van der Waals surface area (Å²) >= 11 is 7.86. The summed E-state index contributed by atoms with van der Waals surface area (Å²) in [7, 11) is 1.66. The van der Waals surface area contributed by atoms with Gasteiger partial charge in [-0.1, -0.05) is 22.9 Å². The molecule has 10 heteroatoms. The standard InChI is InChI=1S/C20H19ClN6O2S/c1-12-26-18-16(3-6-29-2)14(11-23-20(18)30-12)9-15(28)7-13-8-17(21)19(22-10-13)27-24-4-5-25-27/h4-5,8,10-11H,3,6-7,9H2,1-2H3. The fraction of sp³-hybridized carbons (Fsp3) is 0.300. The van der Waals surface area contributed by atoms with Crippen LogP contribution in [0.5, 0.6) is 0 Å². The first-order valence-corrected chi connectivity index (χ1v) is 10.5. The molecule has 0 saturated carbocycles. The van der Waals surface area contributed by atoms with Gasteiger partial charge in [-0.05, 0) is 36.1 Å². The van der Waals surface area contributed by atoms with Crippen LogP contribution in [-0.4, -0.2) is 49.4 Å². The highest BCUT2D eigenvalue weighted by Crippen LogP contribution is 2.26. The number of aromatic nitrogens is 6. The van der Waals surface area contributed by atoms with Gasteiger partial charge in [0.2, 0.25) is 0 Å². The molecule has 8 nitrogen and oxygen atoms in total. The lowest BCUT2D eigenvalue weighted by Crippen LogP contribution is -2.11. The Kier molecular flexibility index (Phi) is 6.12. The maximum absolute atomic E-state index is 12.8. The van der Waals surface area contributed by atoms with E-state index >= 15 is 0 Å². The van der Waals surface area contributed by atoms with E-state index in [1.165, 1.54) is 4.80 Å². The average molecular weight is 443 g/mol. The Labute approximate surface area is 181 Å². The molecule has 154 valence electrons. The molecule has 4 aromatic heterocycles. The lowest BCUT2D eigenvalue weighted by Gasteiger charge is -2.10. The topological polar surface area (TPSA) is 95.7 Å². The number of nitrogens with zero attached hydrogens (tertiary/aromatic N) is 6. The molecule has 0 amide bonds. The lowest BCUT2D eigenvalue weighted by molar-refractivity contribution is -0.117. The number of thiazole rings is 1. The maximum atomic E-state index is 12.8. The number of aryl methyl sites for hydroxylation is 1. The molecule has 0 bridgehead atoms. The smallest absolute Gasteiger partial charge is 0.193 e. The minimum absolute atomic E-state index is 0.0459. The van der Waals surface area contributed by atoms with Crippen molar-refractivity contribution in [2.24, 2.45) is 0 Å². The van der Waals surface area contributed by atoms with Crippen molar-refractivity contribution in [2.45, 2.75) is 26.2 Å². The number of methoxy groups -OCH3 is 1. The van der Waals surface area contributed by atoms with E-state index < -0.39 is 0 Å². The Morgan fingerprint density at radius 1 is 1.20 bits per heavy atom. The molecule has 0 fully saturated rings. The Morgan fingerprint density at radius 3 is 2.73 bits per heavy atom. The number of fused-ring (bicyclic) bond motifs is 1. The number of rotatable bonds is 8. The molecular weight excluding hydrogens is 424 g/mol. The summed E-state index contributed by atoms with van der Waals surface area (Å²) in [5, 5.41) is 9.39. The minimum atomic E-state index is 0.0459. The monoisotopic (exact) mass is 442 g/mol. The van der Waals surface area contributed by atoms with E-state index in [0.29, 0.717) is 23.9 Å². The normalized spacial score (nSPS) is 11.3. The molecule has 0 aliphatic heterocycles. The molecule has 0 spiro atoms. The van der Waals surface area contributed by atoms with E-state index in [-0.39, 0.29) is 18.6 Å². The number of pyridine rings is 2. The van der Waals surface area contributed by atoms with Gasteiger partial charge in [-0.15, -0.1) is 4.80 Å². The third kappa shape index (κ3) is 4.38. The van der Waals surface area contributed by atoms with E-state index in [1.807, 2.05) is 6.92 Å². The summed E-state index contributed by atoms with van der Waals surface area (Å²) < 4.78 is 5.25. The second-order valence-corrected chi connectivity index (χ2v) is 8.34. The average Bonchev–Trinajstić information content (AvgIpc) is 3.36. The molecule has 0 saturated heterocycles. The Hall–Kier alpha value is -2.75. The highest BCUT2D eigenvalue weighted by Gasteiger charge is 2.16. The van der Waals surface area contributed by atoms with Crippen LogP contribution < -0.4 is 0 Å². The molecule has 4 aromatic rings. The van der Waals surface area contributed by atoms with E-state index in [1.54, 1.807) is 49.3 Å². The third-order valence-electron chi connectivity index (χ3n) is 4.56. The van der Waals surface area contributed by atoms with Gasteiger partial charge >= 0.3 is 0 Å². The van der Waals surface area contributed by atoms with Crippen LogP contribution in [0, 0.1) is 6.92 Å². The second-order valence-electron chi connectivity index (χ2n) is 6.75. The van der Waals surface area contributed by atoms with Crippen LogP contribution in [0.25, 0.3) is 16.2 Å².